The molecule has 0 aliphatic rings. The standard InChI is InChI=1S/C18H14N2O/c1-21-17-9-7-16(8-10-17)20-12-15(11-19)18(13-20)14-5-3-2-4-6-14/h2-10,12-13H,1H3. The molecule has 0 amide bonds. The average Bonchev–Trinajstić information content (AvgIpc) is 3.00. The molecular formula is C18H14N2O. The summed E-state index contributed by atoms with van der Waals surface area (Å²) in [5.41, 5.74) is 3.64. The Kier molecular flexibility index (Phi) is 3.44. The van der Waals surface area contributed by atoms with Gasteiger partial charge in [0.2, 0.25) is 0 Å². The number of hydrogen-bond donors (Lipinski definition) is 0. The van der Waals surface area contributed by atoms with Crippen molar-refractivity contribution in [3.05, 3.63) is 72.6 Å². The topological polar surface area (TPSA) is 38.0 Å². The maximum atomic E-state index is 9.34. The maximum Gasteiger partial charge on any atom is 0.119 e. The molecule has 0 aliphatic carbocycles. The van der Waals surface area contributed by atoms with Crippen LogP contribution in [0.1, 0.15) is 5.56 Å². The lowest BCUT2D eigenvalue weighted by Crippen LogP contribution is -1.90. The molecule has 0 radical (unpaired) electrons. The minimum atomic E-state index is 0.664. The van der Waals surface area contributed by atoms with Gasteiger partial charge in [-0.1, -0.05) is 30.3 Å². The van der Waals surface area contributed by atoms with Crippen molar-refractivity contribution in [1.82, 2.24) is 4.57 Å². The summed E-state index contributed by atoms with van der Waals surface area (Å²) in [6, 6.07) is 19.9. The van der Waals surface area contributed by atoms with Crippen LogP contribution >= 0.6 is 0 Å². The normalized spacial score (nSPS) is 10.1. The van der Waals surface area contributed by atoms with E-state index in [2.05, 4.69) is 6.07 Å². The summed E-state index contributed by atoms with van der Waals surface area (Å²) < 4.78 is 7.12. The minimum Gasteiger partial charge on any atom is -0.497 e. The summed E-state index contributed by atoms with van der Waals surface area (Å²) in [5.74, 6) is 0.815. The number of hydrogen-bond acceptors (Lipinski definition) is 2. The van der Waals surface area contributed by atoms with Crippen LogP contribution < -0.4 is 4.74 Å². The van der Waals surface area contributed by atoms with Crippen LogP contribution in [-0.2, 0) is 0 Å². The van der Waals surface area contributed by atoms with Gasteiger partial charge in [0, 0.05) is 23.6 Å². The van der Waals surface area contributed by atoms with Gasteiger partial charge in [-0.05, 0) is 29.8 Å². The Balaban J connectivity index is 2.05. The lowest BCUT2D eigenvalue weighted by Gasteiger charge is -2.04. The van der Waals surface area contributed by atoms with Crippen molar-refractivity contribution < 1.29 is 4.74 Å². The van der Waals surface area contributed by atoms with Crippen LogP contribution in [0.5, 0.6) is 5.75 Å². The zero-order valence-corrected chi connectivity index (χ0v) is 11.7. The molecule has 3 rings (SSSR count). The zero-order chi connectivity index (χ0) is 14.7. The van der Waals surface area contributed by atoms with E-state index in [1.54, 1.807) is 7.11 Å². The molecule has 0 bridgehead atoms. The van der Waals surface area contributed by atoms with Gasteiger partial charge in [0.15, 0.2) is 0 Å². The molecule has 0 spiro atoms. The molecule has 3 heteroatoms. The molecule has 1 aromatic heterocycles. The molecule has 0 saturated heterocycles. The third kappa shape index (κ3) is 2.52. The Bertz CT molecular complexity index is 780. The fraction of sp³-hybridized carbons (Fsp3) is 0.0556. The smallest absolute Gasteiger partial charge is 0.119 e. The highest BCUT2D eigenvalue weighted by Crippen LogP contribution is 2.26. The summed E-state index contributed by atoms with van der Waals surface area (Å²) in [6.45, 7) is 0. The zero-order valence-electron chi connectivity index (χ0n) is 11.7. The number of rotatable bonds is 3. The van der Waals surface area contributed by atoms with Gasteiger partial charge in [-0.2, -0.15) is 5.26 Å². The average molecular weight is 274 g/mol. The Morgan fingerprint density at radius 2 is 1.67 bits per heavy atom. The molecule has 0 unspecified atom stereocenters. The van der Waals surface area contributed by atoms with Gasteiger partial charge in [0.05, 0.1) is 12.7 Å². The highest BCUT2D eigenvalue weighted by molar-refractivity contribution is 5.70. The fourth-order valence-electron chi connectivity index (χ4n) is 2.29. The highest BCUT2D eigenvalue weighted by atomic mass is 16.5. The lowest BCUT2D eigenvalue weighted by molar-refractivity contribution is 0.415. The number of nitrogens with zero attached hydrogens (tertiary/aromatic N) is 2. The van der Waals surface area contributed by atoms with Crippen LogP contribution in [0, 0.1) is 11.3 Å². The third-order valence-electron chi connectivity index (χ3n) is 3.40. The van der Waals surface area contributed by atoms with E-state index >= 15 is 0 Å². The minimum absolute atomic E-state index is 0.664. The van der Waals surface area contributed by atoms with Crippen LogP contribution in [0.25, 0.3) is 16.8 Å². The molecule has 0 saturated carbocycles. The second kappa shape index (κ2) is 5.56. The number of benzene rings is 2. The van der Waals surface area contributed by atoms with Crippen molar-refractivity contribution in [2.45, 2.75) is 0 Å². The van der Waals surface area contributed by atoms with Gasteiger partial charge in [0.1, 0.15) is 11.8 Å². The summed E-state index contributed by atoms with van der Waals surface area (Å²) in [5, 5.41) is 9.34. The fourth-order valence-corrected chi connectivity index (χ4v) is 2.29. The van der Waals surface area contributed by atoms with Crippen molar-refractivity contribution in [1.29, 1.82) is 5.26 Å². The summed E-state index contributed by atoms with van der Waals surface area (Å²) in [7, 11) is 1.64. The van der Waals surface area contributed by atoms with Crippen molar-refractivity contribution in [2.75, 3.05) is 7.11 Å². The first-order valence-corrected chi connectivity index (χ1v) is 6.64. The molecular weight excluding hydrogens is 260 g/mol. The monoisotopic (exact) mass is 274 g/mol. The Morgan fingerprint density at radius 3 is 2.29 bits per heavy atom. The Hall–Kier alpha value is -2.99. The largest absolute Gasteiger partial charge is 0.497 e. The van der Waals surface area contributed by atoms with Crippen molar-refractivity contribution in [2.24, 2.45) is 0 Å². The molecule has 0 N–H and O–H groups in total. The SMILES string of the molecule is COc1ccc(-n2cc(C#N)c(-c3ccccc3)c2)cc1. The quantitative estimate of drug-likeness (QED) is 0.723. The Morgan fingerprint density at radius 1 is 0.952 bits per heavy atom. The van der Waals surface area contributed by atoms with Gasteiger partial charge in [-0.25, -0.2) is 0 Å². The molecule has 2 aromatic carbocycles. The van der Waals surface area contributed by atoms with Crippen molar-refractivity contribution in [3.63, 3.8) is 0 Å². The molecule has 0 atom stereocenters. The van der Waals surface area contributed by atoms with Crippen molar-refractivity contribution >= 4 is 0 Å². The summed E-state index contributed by atoms with van der Waals surface area (Å²) in [4.78, 5) is 0. The van der Waals surface area contributed by atoms with E-state index in [9.17, 15) is 5.26 Å². The molecule has 3 nitrogen and oxygen atoms in total. The van der Waals surface area contributed by atoms with E-state index in [1.807, 2.05) is 71.6 Å². The van der Waals surface area contributed by atoms with Gasteiger partial charge in [-0.3, -0.25) is 0 Å². The van der Waals surface area contributed by atoms with Crippen molar-refractivity contribution in [3.8, 4) is 28.6 Å². The van der Waals surface area contributed by atoms with Crippen LogP contribution in [0.3, 0.4) is 0 Å². The number of aromatic nitrogens is 1. The first-order chi connectivity index (χ1) is 10.3. The maximum absolute atomic E-state index is 9.34. The van der Waals surface area contributed by atoms with E-state index in [4.69, 9.17) is 4.74 Å². The first-order valence-electron chi connectivity index (χ1n) is 6.64. The third-order valence-corrected chi connectivity index (χ3v) is 3.40. The number of nitriles is 1. The number of methoxy groups -OCH3 is 1. The molecule has 21 heavy (non-hydrogen) atoms. The first kappa shape index (κ1) is 13.0. The Labute approximate surface area is 123 Å². The van der Waals surface area contributed by atoms with Crippen LogP contribution in [-0.4, -0.2) is 11.7 Å². The molecule has 3 aromatic rings. The molecule has 102 valence electrons. The second-order valence-electron chi connectivity index (χ2n) is 4.67. The van der Waals surface area contributed by atoms with Crippen LogP contribution in [0.15, 0.2) is 67.0 Å². The van der Waals surface area contributed by atoms with Gasteiger partial charge < -0.3 is 9.30 Å². The van der Waals surface area contributed by atoms with E-state index in [0.717, 1.165) is 22.6 Å². The van der Waals surface area contributed by atoms with Crippen LogP contribution in [0.4, 0.5) is 0 Å². The molecule has 0 fully saturated rings. The highest BCUT2D eigenvalue weighted by Gasteiger charge is 2.09. The van der Waals surface area contributed by atoms with Gasteiger partial charge in [-0.15, -0.1) is 0 Å². The van der Waals surface area contributed by atoms with E-state index in [1.165, 1.54) is 0 Å². The van der Waals surface area contributed by atoms with Gasteiger partial charge in [0.25, 0.3) is 0 Å². The predicted molar refractivity (Wildman–Crippen MR) is 82.5 cm³/mol. The predicted octanol–water partition coefficient (Wildman–Crippen LogP) is 4.02. The molecule has 1 heterocycles. The lowest BCUT2D eigenvalue weighted by atomic mass is 10.1. The van der Waals surface area contributed by atoms with E-state index < -0.39 is 0 Å². The summed E-state index contributed by atoms with van der Waals surface area (Å²) >= 11 is 0. The van der Waals surface area contributed by atoms with E-state index in [0.29, 0.717) is 5.56 Å². The molecule has 0 aliphatic heterocycles. The summed E-state index contributed by atoms with van der Waals surface area (Å²) in [6.07, 6.45) is 3.83. The van der Waals surface area contributed by atoms with E-state index in [-0.39, 0.29) is 0 Å². The van der Waals surface area contributed by atoms with Crippen LogP contribution in [0.2, 0.25) is 0 Å². The number of ether oxygens (including phenoxy) is 1. The second-order valence-corrected chi connectivity index (χ2v) is 4.67. The van der Waals surface area contributed by atoms with Gasteiger partial charge >= 0.3 is 0 Å².